The molecule has 2 heterocycles. The number of rotatable bonds is 6. The first-order valence-electron chi connectivity index (χ1n) is 8.62. The second-order valence-electron chi connectivity index (χ2n) is 6.01. The number of para-hydroxylation sites is 1. The third-order valence-corrected chi connectivity index (χ3v) is 5.04. The molecule has 2 aromatic rings. The van der Waals surface area contributed by atoms with E-state index in [1.54, 1.807) is 18.4 Å². The molecule has 0 saturated heterocycles. The number of carbonyl (C=O) groups is 1. The quantitative estimate of drug-likeness (QED) is 0.286. The Morgan fingerprint density at radius 2 is 2.12 bits per heavy atom. The molecule has 0 bridgehead atoms. The molecule has 0 aliphatic carbocycles. The Bertz CT molecular complexity index is 733. The maximum Gasteiger partial charge on any atom is 0.227 e. The molecule has 0 spiro atoms. The largest absolute Gasteiger partial charge is 0.356 e. The van der Waals surface area contributed by atoms with Gasteiger partial charge in [-0.15, -0.1) is 24.0 Å². The van der Waals surface area contributed by atoms with Gasteiger partial charge in [-0.2, -0.15) is 11.3 Å². The summed E-state index contributed by atoms with van der Waals surface area (Å²) in [6.45, 7) is 2.28. The van der Waals surface area contributed by atoms with E-state index in [0.717, 1.165) is 44.1 Å². The molecule has 1 aliphatic heterocycles. The van der Waals surface area contributed by atoms with E-state index in [1.165, 1.54) is 11.1 Å². The van der Waals surface area contributed by atoms with E-state index >= 15 is 0 Å². The number of aliphatic imine (C=N–C) groups is 1. The van der Waals surface area contributed by atoms with E-state index in [-0.39, 0.29) is 29.9 Å². The molecular formula is C19H25IN4OS. The Morgan fingerprint density at radius 3 is 2.88 bits per heavy atom. The second-order valence-corrected chi connectivity index (χ2v) is 6.79. The fourth-order valence-electron chi connectivity index (χ4n) is 2.98. The highest BCUT2D eigenvalue weighted by Crippen LogP contribution is 2.27. The van der Waals surface area contributed by atoms with E-state index in [2.05, 4.69) is 38.5 Å². The summed E-state index contributed by atoms with van der Waals surface area (Å²) in [7, 11) is 1.76. The predicted molar refractivity (Wildman–Crippen MR) is 120 cm³/mol. The van der Waals surface area contributed by atoms with Crippen molar-refractivity contribution in [3.63, 3.8) is 0 Å². The Hall–Kier alpha value is -1.61. The lowest BCUT2D eigenvalue weighted by atomic mass is 10.2. The smallest absolute Gasteiger partial charge is 0.227 e. The average Bonchev–Trinajstić information content (AvgIpc) is 3.30. The number of fused-ring (bicyclic) bond motifs is 1. The van der Waals surface area contributed by atoms with Crippen LogP contribution >= 0.6 is 35.3 Å². The molecule has 0 fully saturated rings. The number of guanidine groups is 1. The van der Waals surface area contributed by atoms with Gasteiger partial charge in [0, 0.05) is 38.8 Å². The van der Waals surface area contributed by atoms with Crippen LogP contribution in [-0.2, 0) is 17.8 Å². The summed E-state index contributed by atoms with van der Waals surface area (Å²) >= 11 is 1.69. The molecule has 1 amide bonds. The first-order valence-corrected chi connectivity index (χ1v) is 9.56. The van der Waals surface area contributed by atoms with Crippen LogP contribution in [0.15, 0.2) is 46.1 Å². The zero-order valence-electron chi connectivity index (χ0n) is 14.9. The number of hydrogen-bond donors (Lipinski definition) is 2. The lowest BCUT2D eigenvalue weighted by Gasteiger charge is -2.17. The standard InChI is InChI=1S/C19H24N4OS.HI/c1-20-19(22-13-15-9-12-25-14-15)21-10-4-7-18(24)23-11-8-16-5-2-3-6-17(16)23;/h2-3,5-6,9,12,14H,4,7-8,10-11,13H2,1H3,(H2,20,21,22);1H. The lowest BCUT2D eigenvalue weighted by Crippen LogP contribution is -2.37. The number of halogens is 1. The van der Waals surface area contributed by atoms with Crippen LogP contribution in [0, 0.1) is 0 Å². The minimum absolute atomic E-state index is 0. The number of carbonyl (C=O) groups excluding carboxylic acids is 1. The Morgan fingerprint density at radius 1 is 1.27 bits per heavy atom. The van der Waals surface area contributed by atoms with Crippen molar-refractivity contribution in [3.8, 4) is 0 Å². The molecule has 140 valence electrons. The molecule has 0 unspecified atom stereocenters. The monoisotopic (exact) mass is 484 g/mol. The first-order chi connectivity index (χ1) is 12.3. The normalized spacial score (nSPS) is 13.1. The van der Waals surface area contributed by atoms with Crippen LogP contribution < -0.4 is 15.5 Å². The number of benzene rings is 1. The maximum atomic E-state index is 12.5. The van der Waals surface area contributed by atoms with E-state index in [4.69, 9.17) is 0 Å². The molecule has 7 heteroatoms. The van der Waals surface area contributed by atoms with Crippen molar-refractivity contribution in [2.45, 2.75) is 25.8 Å². The van der Waals surface area contributed by atoms with Crippen molar-refractivity contribution in [1.29, 1.82) is 0 Å². The zero-order valence-corrected chi connectivity index (χ0v) is 18.1. The number of thiophene rings is 1. The van der Waals surface area contributed by atoms with Crippen molar-refractivity contribution in [1.82, 2.24) is 10.6 Å². The molecule has 0 saturated carbocycles. The zero-order chi connectivity index (χ0) is 17.5. The number of nitrogens with one attached hydrogen (secondary N) is 2. The van der Waals surface area contributed by atoms with Crippen LogP contribution in [0.1, 0.15) is 24.0 Å². The van der Waals surface area contributed by atoms with Gasteiger partial charge in [-0.25, -0.2) is 0 Å². The molecule has 2 N–H and O–H groups in total. The van der Waals surface area contributed by atoms with Gasteiger partial charge in [0.1, 0.15) is 0 Å². The van der Waals surface area contributed by atoms with Crippen molar-refractivity contribution in [3.05, 3.63) is 52.2 Å². The highest BCUT2D eigenvalue weighted by atomic mass is 127. The summed E-state index contributed by atoms with van der Waals surface area (Å²) < 4.78 is 0. The number of anilines is 1. The molecule has 5 nitrogen and oxygen atoms in total. The summed E-state index contributed by atoms with van der Waals surface area (Å²) in [5, 5.41) is 10.7. The topological polar surface area (TPSA) is 56.7 Å². The van der Waals surface area contributed by atoms with Gasteiger partial charge in [-0.1, -0.05) is 18.2 Å². The number of amides is 1. The van der Waals surface area contributed by atoms with Gasteiger partial charge in [0.2, 0.25) is 5.91 Å². The van der Waals surface area contributed by atoms with Crippen molar-refractivity contribution < 1.29 is 4.79 Å². The third kappa shape index (κ3) is 5.44. The van der Waals surface area contributed by atoms with Crippen LogP contribution in [0.5, 0.6) is 0 Å². The van der Waals surface area contributed by atoms with Crippen molar-refractivity contribution in [2.75, 3.05) is 25.0 Å². The minimum Gasteiger partial charge on any atom is -0.356 e. The van der Waals surface area contributed by atoms with E-state index in [1.807, 2.05) is 23.1 Å². The van der Waals surface area contributed by atoms with Crippen LogP contribution in [0.2, 0.25) is 0 Å². The highest BCUT2D eigenvalue weighted by Gasteiger charge is 2.23. The second kappa shape index (κ2) is 10.5. The number of hydrogen-bond acceptors (Lipinski definition) is 3. The fourth-order valence-corrected chi connectivity index (χ4v) is 3.65. The average molecular weight is 484 g/mol. The van der Waals surface area contributed by atoms with Crippen LogP contribution in [-0.4, -0.2) is 32.0 Å². The fraction of sp³-hybridized carbons (Fsp3) is 0.368. The summed E-state index contributed by atoms with van der Waals surface area (Å²) in [5.74, 6) is 0.970. The van der Waals surface area contributed by atoms with E-state index < -0.39 is 0 Å². The van der Waals surface area contributed by atoms with Gasteiger partial charge in [0.25, 0.3) is 0 Å². The summed E-state index contributed by atoms with van der Waals surface area (Å²) in [5.41, 5.74) is 3.59. The van der Waals surface area contributed by atoms with Crippen molar-refractivity contribution in [2.24, 2.45) is 4.99 Å². The van der Waals surface area contributed by atoms with Gasteiger partial charge >= 0.3 is 0 Å². The molecular weight excluding hydrogens is 459 g/mol. The van der Waals surface area contributed by atoms with Gasteiger partial charge in [-0.3, -0.25) is 9.79 Å². The minimum atomic E-state index is 0. The maximum absolute atomic E-state index is 12.5. The predicted octanol–water partition coefficient (Wildman–Crippen LogP) is 3.40. The van der Waals surface area contributed by atoms with Gasteiger partial charge in [0.15, 0.2) is 5.96 Å². The lowest BCUT2D eigenvalue weighted by molar-refractivity contribution is -0.118. The SMILES string of the molecule is CN=C(NCCCC(=O)N1CCc2ccccc21)NCc1ccsc1.I. The molecule has 1 aromatic heterocycles. The summed E-state index contributed by atoms with van der Waals surface area (Å²) in [4.78, 5) is 18.6. The van der Waals surface area contributed by atoms with Gasteiger partial charge in [-0.05, 0) is 46.9 Å². The van der Waals surface area contributed by atoms with Crippen LogP contribution in [0.25, 0.3) is 0 Å². The van der Waals surface area contributed by atoms with Crippen molar-refractivity contribution >= 4 is 52.9 Å². The summed E-state index contributed by atoms with van der Waals surface area (Å²) in [6.07, 6.45) is 2.29. The van der Waals surface area contributed by atoms with E-state index in [0.29, 0.717) is 6.42 Å². The summed E-state index contributed by atoms with van der Waals surface area (Å²) in [6, 6.07) is 10.3. The highest BCUT2D eigenvalue weighted by molar-refractivity contribution is 14.0. The van der Waals surface area contributed by atoms with Crippen LogP contribution in [0.3, 0.4) is 0 Å². The molecule has 0 atom stereocenters. The third-order valence-electron chi connectivity index (χ3n) is 4.31. The van der Waals surface area contributed by atoms with E-state index in [9.17, 15) is 4.79 Å². The molecule has 26 heavy (non-hydrogen) atoms. The molecule has 0 radical (unpaired) electrons. The Kier molecular flexibility index (Phi) is 8.37. The van der Waals surface area contributed by atoms with Crippen LogP contribution in [0.4, 0.5) is 5.69 Å². The first kappa shape index (κ1) is 20.7. The van der Waals surface area contributed by atoms with Gasteiger partial charge < -0.3 is 15.5 Å². The molecule has 1 aliphatic rings. The Balaban J connectivity index is 0.00000243. The molecule has 3 rings (SSSR count). The molecule has 1 aromatic carbocycles. The Labute approximate surface area is 175 Å². The number of nitrogens with zero attached hydrogens (tertiary/aromatic N) is 2. The van der Waals surface area contributed by atoms with Gasteiger partial charge in [0.05, 0.1) is 0 Å².